The third-order valence-corrected chi connectivity index (χ3v) is 4.25. The van der Waals surface area contributed by atoms with Gasteiger partial charge in [0.15, 0.2) is 6.61 Å². The quantitative estimate of drug-likeness (QED) is 0.437. The maximum Gasteiger partial charge on any atom is 0.331 e. The first kappa shape index (κ1) is 21.0. The molecule has 0 bridgehead atoms. The van der Waals surface area contributed by atoms with E-state index in [0.29, 0.717) is 19.5 Å². The molecule has 6 nitrogen and oxygen atoms in total. The molecule has 0 spiro atoms. The summed E-state index contributed by atoms with van der Waals surface area (Å²) in [5.41, 5.74) is 2.79. The third kappa shape index (κ3) is 7.01. The molecule has 1 amide bonds. The molecule has 0 aliphatic carbocycles. The Labute approximate surface area is 174 Å². The minimum atomic E-state index is -0.612. The lowest BCUT2D eigenvalue weighted by molar-refractivity contribution is -0.143. The highest BCUT2D eigenvalue weighted by molar-refractivity contribution is 5.89. The number of hydrogen-bond donors (Lipinski definition) is 1. The zero-order valence-corrected chi connectivity index (χ0v) is 16.3. The summed E-state index contributed by atoms with van der Waals surface area (Å²) in [5.74, 6) is -1.31. The molecule has 0 saturated heterocycles. The van der Waals surface area contributed by atoms with Crippen molar-refractivity contribution in [2.45, 2.75) is 13.0 Å². The molecule has 1 aromatic heterocycles. The summed E-state index contributed by atoms with van der Waals surface area (Å²) in [6.07, 6.45) is 6.87. The Morgan fingerprint density at radius 1 is 1.07 bits per heavy atom. The Morgan fingerprint density at radius 3 is 2.60 bits per heavy atom. The van der Waals surface area contributed by atoms with Crippen molar-refractivity contribution in [3.8, 4) is 0 Å². The van der Waals surface area contributed by atoms with Gasteiger partial charge < -0.3 is 10.1 Å². The third-order valence-electron chi connectivity index (χ3n) is 4.25. The predicted octanol–water partition coefficient (Wildman–Crippen LogP) is 2.99. The van der Waals surface area contributed by atoms with E-state index in [1.807, 2.05) is 36.5 Å². The van der Waals surface area contributed by atoms with Gasteiger partial charge in [0.2, 0.25) is 0 Å². The van der Waals surface area contributed by atoms with Gasteiger partial charge in [-0.2, -0.15) is 5.10 Å². The van der Waals surface area contributed by atoms with E-state index in [2.05, 4.69) is 10.4 Å². The van der Waals surface area contributed by atoms with Crippen molar-refractivity contribution < 1.29 is 18.7 Å². The van der Waals surface area contributed by atoms with Crippen molar-refractivity contribution in [2.24, 2.45) is 0 Å². The first-order chi connectivity index (χ1) is 14.6. The van der Waals surface area contributed by atoms with E-state index >= 15 is 0 Å². The molecule has 0 saturated carbocycles. The lowest BCUT2D eigenvalue weighted by Crippen LogP contribution is -2.30. The van der Waals surface area contributed by atoms with Crippen LogP contribution in [0.2, 0.25) is 0 Å². The van der Waals surface area contributed by atoms with E-state index in [1.54, 1.807) is 29.1 Å². The molecule has 3 aromatic rings. The largest absolute Gasteiger partial charge is 0.452 e. The van der Waals surface area contributed by atoms with Crippen LogP contribution in [0.15, 0.2) is 73.1 Å². The molecule has 1 N–H and O–H groups in total. The van der Waals surface area contributed by atoms with Gasteiger partial charge in [-0.15, -0.1) is 0 Å². The smallest absolute Gasteiger partial charge is 0.331 e. The van der Waals surface area contributed by atoms with Crippen molar-refractivity contribution in [2.75, 3.05) is 13.2 Å². The highest BCUT2D eigenvalue weighted by Crippen LogP contribution is 2.06. The summed E-state index contributed by atoms with van der Waals surface area (Å²) in [6, 6.07) is 16.0. The fraction of sp³-hybridized carbons (Fsp3) is 0.174. The standard InChI is InChI=1S/C23H22FN3O3/c24-21-9-6-18(7-10-21)12-13-25-22(28)17-30-23(29)11-8-20-14-26-27(16-20)15-19-4-2-1-3-5-19/h1-11,14,16H,12-13,15,17H2,(H,25,28)/b11-8+. The van der Waals surface area contributed by atoms with Crippen molar-refractivity contribution in [3.63, 3.8) is 0 Å². The van der Waals surface area contributed by atoms with Gasteiger partial charge in [0.05, 0.1) is 12.7 Å². The summed E-state index contributed by atoms with van der Waals surface area (Å²) in [5, 5.41) is 6.91. The second-order valence-corrected chi connectivity index (χ2v) is 6.62. The van der Waals surface area contributed by atoms with Crippen LogP contribution in [0.3, 0.4) is 0 Å². The van der Waals surface area contributed by atoms with Crippen LogP contribution >= 0.6 is 0 Å². The van der Waals surface area contributed by atoms with Gasteiger partial charge in [-0.05, 0) is 35.8 Å². The van der Waals surface area contributed by atoms with Crippen molar-refractivity contribution in [1.29, 1.82) is 0 Å². The van der Waals surface area contributed by atoms with Gasteiger partial charge in [-0.3, -0.25) is 9.48 Å². The molecule has 30 heavy (non-hydrogen) atoms. The molecule has 3 rings (SSSR count). The minimum Gasteiger partial charge on any atom is -0.452 e. The number of ether oxygens (including phenoxy) is 1. The Balaban J connectivity index is 1.36. The minimum absolute atomic E-state index is 0.300. The monoisotopic (exact) mass is 407 g/mol. The molecule has 0 atom stereocenters. The molecular formula is C23H22FN3O3. The van der Waals surface area contributed by atoms with Crippen molar-refractivity contribution in [3.05, 3.63) is 95.6 Å². The number of amides is 1. The molecule has 1 heterocycles. The van der Waals surface area contributed by atoms with Crippen molar-refractivity contribution in [1.82, 2.24) is 15.1 Å². The SMILES string of the molecule is O=C(COC(=O)/C=C/c1cnn(Cc2ccccc2)c1)NCCc1ccc(F)cc1. The average Bonchev–Trinajstić information content (AvgIpc) is 3.20. The lowest BCUT2D eigenvalue weighted by Gasteiger charge is -2.05. The summed E-state index contributed by atoms with van der Waals surface area (Å²) in [6.45, 7) is 0.648. The van der Waals surface area contributed by atoms with Gasteiger partial charge in [0, 0.05) is 24.4 Å². The number of carbonyl (C=O) groups is 2. The van der Waals surface area contributed by atoms with E-state index < -0.39 is 11.9 Å². The molecule has 7 heteroatoms. The Bertz CT molecular complexity index is 998. The van der Waals surface area contributed by atoms with Gasteiger partial charge in [-0.1, -0.05) is 42.5 Å². The van der Waals surface area contributed by atoms with E-state index in [4.69, 9.17) is 4.74 Å². The normalized spacial score (nSPS) is 10.8. The predicted molar refractivity (Wildman–Crippen MR) is 111 cm³/mol. The maximum atomic E-state index is 12.8. The number of halogens is 1. The van der Waals surface area contributed by atoms with Crippen LogP contribution in [0, 0.1) is 5.82 Å². The molecule has 0 unspecified atom stereocenters. The summed E-state index contributed by atoms with van der Waals surface area (Å²) in [7, 11) is 0. The topological polar surface area (TPSA) is 73.2 Å². The van der Waals surface area contributed by atoms with Crippen LogP contribution < -0.4 is 5.32 Å². The second kappa shape index (κ2) is 10.7. The fourth-order valence-electron chi connectivity index (χ4n) is 2.72. The number of benzene rings is 2. The zero-order chi connectivity index (χ0) is 21.2. The first-order valence-electron chi connectivity index (χ1n) is 9.51. The Hall–Kier alpha value is -3.74. The molecule has 154 valence electrons. The average molecular weight is 407 g/mol. The van der Waals surface area contributed by atoms with Gasteiger partial charge in [0.25, 0.3) is 5.91 Å². The molecule has 0 aliphatic rings. The van der Waals surface area contributed by atoms with E-state index in [-0.39, 0.29) is 12.4 Å². The highest BCUT2D eigenvalue weighted by atomic mass is 19.1. The molecule has 0 fully saturated rings. The number of nitrogens with one attached hydrogen (secondary N) is 1. The van der Waals surface area contributed by atoms with Crippen LogP contribution in [0.5, 0.6) is 0 Å². The zero-order valence-electron chi connectivity index (χ0n) is 16.3. The summed E-state index contributed by atoms with van der Waals surface area (Å²) < 4.78 is 19.6. The molecule has 2 aromatic carbocycles. The summed E-state index contributed by atoms with van der Waals surface area (Å²) in [4.78, 5) is 23.6. The van der Waals surface area contributed by atoms with Crippen LogP contribution in [0.25, 0.3) is 6.08 Å². The van der Waals surface area contributed by atoms with E-state index in [0.717, 1.165) is 16.7 Å². The highest BCUT2D eigenvalue weighted by Gasteiger charge is 2.05. The fourth-order valence-corrected chi connectivity index (χ4v) is 2.72. The second-order valence-electron chi connectivity index (χ2n) is 6.62. The maximum absolute atomic E-state index is 12.8. The van der Waals surface area contributed by atoms with E-state index in [9.17, 15) is 14.0 Å². The number of rotatable bonds is 9. The Kier molecular flexibility index (Phi) is 7.49. The molecular weight excluding hydrogens is 385 g/mol. The number of hydrogen-bond acceptors (Lipinski definition) is 4. The number of carbonyl (C=O) groups excluding carboxylic acids is 2. The van der Waals surface area contributed by atoms with Crippen LogP contribution in [-0.2, 0) is 27.3 Å². The van der Waals surface area contributed by atoms with Gasteiger partial charge in [-0.25, -0.2) is 9.18 Å². The lowest BCUT2D eigenvalue weighted by atomic mass is 10.1. The van der Waals surface area contributed by atoms with Gasteiger partial charge in [0.1, 0.15) is 5.82 Å². The van der Waals surface area contributed by atoms with Crippen LogP contribution in [-0.4, -0.2) is 34.8 Å². The Morgan fingerprint density at radius 2 is 1.83 bits per heavy atom. The van der Waals surface area contributed by atoms with Crippen molar-refractivity contribution >= 4 is 18.0 Å². The molecule has 0 aliphatic heterocycles. The molecule has 0 radical (unpaired) electrons. The van der Waals surface area contributed by atoms with Gasteiger partial charge >= 0.3 is 5.97 Å². The number of aromatic nitrogens is 2. The van der Waals surface area contributed by atoms with Crippen LogP contribution in [0.1, 0.15) is 16.7 Å². The summed E-state index contributed by atoms with van der Waals surface area (Å²) >= 11 is 0. The number of nitrogens with zero attached hydrogens (tertiary/aromatic N) is 2. The number of esters is 1. The van der Waals surface area contributed by atoms with Crippen LogP contribution in [0.4, 0.5) is 4.39 Å². The first-order valence-corrected chi connectivity index (χ1v) is 9.51. The van der Waals surface area contributed by atoms with E-state index in [1.165, 1.54) is 18.2 Å².